The van der Waals surface area contributed by atoms with Gasteiger partial charge in [-0.05, 0) is 31.2 Å². The van der Waals surface area contributed by atoms with Gasteiger partial charge in [0.1, 0.15) is 17.8 Å². The second kappa shape index (κ2) is 7.67. The molecular weight excluding hydrogens is 380 g/mol. The minimum atomic E-state index is -0.397. The Hall–Kier alpha value is -4.20. The van der Waals surface area contributed by atoms with E-state index in [1.807, 2.05) is 31.2 Å². The van der Waals surface area contributed by atoms with Crippen LogP contribution in [-0.2, 0) is 7.05 Å². The molecule has 30 heavy (non-hydrogen) atoms. The van der Waals surface area contributed by atoms with E-state index in [1.165, 1.54) is 6.33 Å². The summed E-state index contributed by atoms with van der Waals surface area (Å²) in [7, 11) is 1.79. The predicted molar refractivity (Wildman–Crippen MR) is 117 cm³/mol. The van der Waals surface area contributed by atoms with Crippen molar-refractivity contribution in [1.29, 1.82) is 0 Å². The molecule has 0 saturated heterocycles. The van der Waals surface area contributed by atoms with Gasteiger partial charge in [-0.2, -0.15) is 0 Å². The summed E-state index contributed by atoms with van der Waals surface area (Å²) in [4.78, 5) is 33.6. The molecule has 2 aromatic carbocycles. The molecule has 4 N–H and O–H groups in total. The largest absolute Gasteiger partial charge is 0.383 e. The lowest BCUT2D eigenvalue weighted by Crippen LogP contribution is -2.19. The van der Waals surface area contributed by atoms with Crippen molar-refractivity contribution in [2.45, 2.75) is 6.92 Å². The lowest BCUT2D eigenvalue weighted by Gasteiger charge is -2.09. The Kier molecular flexibility index (Phi) is 4.89. The first kappa shape index (κ1) is 19.1. The van der Waals surface area contributed by atoms with Gasteiger partial charge in [-0.15, -0.1) is 0 Å². The van der Waals surface area contributed by atoms with Crippen LogP contribution >= 0.6 is 0 Å². The van der Waals surface area contributed by atoms with Gasteiger partial charge in [0.25, 0.3) is 0 Å². The first-order valence-corrected chi connectivity index (χ1v) is 9.27. The highest BCUT2D eigenvalue weighted by Gasteiger charge is 2.19. The van der Waals surface area contributed by atoms with Gasteiger partial charge in [-0.1, -0.05) is 29.8 Å². The number of aryl methyl sites for hydroxylation is 2. The van der Waals surface area contributed by atoms with Gasteiger partial charge in [0.05, 0.1) is 10.9 Å². The fraction of sp³-hybridized carbons (Fsp3) is 0.0909. The Morgan fingerprint density at radius 3 is 2.50 bits per heavy atom. The van der Waals surface area contributed by atoms with E-state index in [4.69, 9.17) is 5.73 Å². The molecule has 8 nitrogen and oxygen atoms in total. The Labute approximate surface area is 172 Å². The fourth-order valence-electron chi connectivity index (χ4n) is 3.23. The van der Waals surface area contributed by atoms with Crippen LogP contribution in [0.25, 0.3) is 11.0 Å². The highest BCUT2D eigenvalue weighted by Crippen LogP contribution is 2.26. The number of anilines is 3. The van der Waals surface area contributed by atoms with Crippen molar-refractivity contribution in [3.63, 3.8) is 0 Å². The minimum Gasteiger partial charge on any atom is -0.383 e. The number of hydrogen-bond acceptors (Lipinski definition) is 5. The van der Waals surface area contributed by atoms with Crippen LogP contribution in [0.1, 0.15) is 21.5 Å². The van der Waals surface area contributed by atoms with Crippen molar-refractivity contribution in [1.82, 2.24) is 14.5 Å². The molecule has 2 aromatic heterocycles. The van der Waals surface area contributed by atoms with Gasteiger partial charge in [-0.3, -0.25) is 4.79 Å². The zero-order valence-corrected chi connectivity index (χ0v) is 16.5. The minimum absolute atomic E-state index is 0.232. The molecule has 8 heteroatoms. The number of aromatic nitrogens is 3. The molecule has 0 aliphatic carbocycles. The lowest BCUT2D eigenvalue weighted by atomic mass is 10.0. The van der Waals surface area contributed by atoms with Crippen LogP contribution in [0.3, 0.4) is 0 Å². The van der Waals surface area contributed by atoms with Crippen LogP contribution in [0.4, 0.5) is 22.0 Å². The molecule has 0 aliphatic heterocycles. The maximum absolute atomic E-state index is 13.1. The number of rotatable bonds is 4. The number of carbonyl (C=O) groups is 2. The summed E-state index contributed by atoms with van der Waals surface area (Å²) in [5.41, 5.74) is 9.66. The summed E-state index contributed by atoms with van der Waals surface area (Å²) in [6.45, 7) is 1.97. The first-order valence-electron chi connectivity index (χ1n) is 9.27. The summed E-state index contributed by atoms with van der Waals surface area (Å²) < 4.78 is 1.73. The fourth-order valence-corrected chi connectivity index (χ4v) is 3.23. The van der Waals surface area contributed by atoms with Crippen molar-refractivity contribution < 1.29 is 9.59 Å². The van der Waals surface area contributed by atoms with Crippen LogP contribution in [0.5, 0.6) is 0 Å². The zero-order valence-electron chi connectivity index (χ0n) is 16.5. The van der Waals surface area contributed by atoms with E-state index in [-0.39, 0.29) is 11.6 Å². The number of fused-ring (bicyclic) bond motifs is 1. The second-order valence-electron chi connectivity index (χ2n) is 6.97. The average Bonchev–Trinajstić information content (AvgIpc) is 3.07. The van der Waals surface area contributed by atoms with Gasteiger partial charge >= 0.3 is 6.03 Å². The van der Waals surface area contributed by atoms with E-state index in [1.54, 1.807) is 42.1 Å². The molecular formula is C22H20N6O2. The zero-order chi connectivity index (χ0) is 21.3. The third-order valence-electron chi connectivity index (χ3n) is 4.72. The normalized spacial score (nSPS) is 10.7. The van der Waals surface area contributed by atoms with E-state index in [2.05, 4.69) is 20.6 Å². The van der Waals surface area contributed by atoms with Crippen molar-refractivity contribution >= 4 is 40.0 Å². The third-order valence-corrected chi connectivity index (χ3v) is 4.72. The van der Waals surface area contributed by atoms with Crippen LogP contribution < -0.4 is 16.4 Å². The number of nitrogens with one attached hydrogen (secondary N) is 2. The molecule has 2 amide bonds. The predicted octanol–water partition coefficient (Wildman–Crippen LogP) is 3.73. The number of carbonyl (C=O) groups excluding carboxylic acids is 2. The number of benzene rings is 2. The number of ketones is 1. The smallest absolute Gasteiger partial charge is 0.323 e. The summed E-state index contributed by atoms with van der Waals surface area (Å²) in [5, 5.41) is 6.02. The molecule has 4 aromatic rings. The number of urea groups is 1. The van der Waals surface area contributed by atoms with Crippen molar-refractivity contribution in [3.8, 4) is 0 Å². The number of nitrogen functional groups attached to an aromatic ring is 1. The summed E-state index contributed by atoms with van der Waals surface area (Å²) in [6, 6.07) is 13.8. The van der Waals surface area contributed by atoms with Crippen molar-refractivity contribution in [2.24, 2.45) is 7.05 Å². The molecule has 0 atom stereocenters. The van der Waals surface area contributed by atoms with E-state index in [9.17, 15) is 9.59 Å². The summed E-state index contributed by atoms with van der Waals surface area (Å²) >= 11 is 0. The summed E-state index contributed by atoms with van der Waals surface area (Å²) in [6.07, 6.45) is 3.05. The molecule has 0 radical (unpaired) electrons. The molecule has 4 rings (SSSR count). The maximum Gasteiger partial charge on any atom is 0.323 e. The number of nitrogens with zero attached hydrogens (tertiary/aromatic N) is 3. The van der Waals surface area contributed by atoms with Gasteiger partial charge in [0, 0.05) is 30.2 Å². The number of amides is 2. The Morgan fingerprint density at radius 1 is 1.00 bits per heavy atom. The molecule has 150 valence electrons. The lowest BCUT2D eigenvalue weighted by molar-refractivity contribution is 0.104. The highest BCUT2D eigenvalue weighted by atomic mass is 16.2. The topological polar surface area (TPSA) is 115 Å². The quantitative estimate of drug-likeness (QED) is 0.452. The van der Waals surface area contributed by atoms with Crippen LogP contribution in [0.2, 0.25) is 0 Å². The average molecular weight is 400 g/mol. The molecule has 0 spiro atoms. The van der Waals surface area contributed by atoms with Crippen LogP contribution in [0, 0.1) is 6.92 Å². The van der Waals surface area contributed by atoms with Crippen LogP contribution in [-0.4, -0.2) is 26.3 Å². The van der Waals surface area contributed by atoms with E-state index in [0.29, 0.717) is 33.5 Å². The van der Waals surface area contributed by atoms with Gasteiger partial charge in [0.15, 0.2) is 5.78 Å². The van der Waals surface area contributed by atoms with Crippen molar-refractivity contribution in [2.75, 3.05) is 16.4 Å². The maximum atomic E-state index is 13.1. The van der Waals surface area contributed by atoms with E-state index >= 15 is 0 Å². The van der Waals surface area contributed by atoms with Crippen LogP contribution in [0.15, 0.2) is 61.1 Å². The Balaban J connectivity index is 1.57. The first-order chi connectivity index (χ1) is 14.4. The monoisotopic (exact) mass is 400 g/mol. The Bertz CT molecular complexity index is 1260. The summed E-state index contributed by atoms with van der Waals surface area (Å²) in [5.74, 6) is 0.0143. The number of hydrogen-bond donors (Lipinski definition) is 3. The van der Waals surface area contributed by atoms with Gasteiger partial charge in [0.2, 0.25) is 0 Å². The molecule has 0 aliphatic rings. The van der Waals surface area contributed by atoms with Gasteiger partial charge < -0.3 is 20.9 Å². The van der Waals surface area contributed by atoms with Gasteiger partial charge in [-0.25, -0.2) is 14.8 Å². The van der Waals surface area contributed by atoms with Crippen molar-refractivity contribution in [3.05, 3.63) is 77.7 Å². The van der Waals surface area contributed by atoms with E-state index < -0.39 is 6.03 Å². The molecule has 0 fully saturated rings. The Morgan fingerprint density at radius 2 is 1.73 bits per heavy atom. The molecule has 0 unspecified atom stereocenters. The van der Waals surface area contributed by atoms with E-state index in [0.717, 1.165) is 5.56 Å². The standard InChI is InChI=1S/C22H20N6O2/c1-13-6-8-15(9-7-13)26-22(30)27-16-5-3-4-14(10-16)19(29)17-11-28(2)21-18(17)20(23)24-12-25-21/h3-12H,1-2H3,(H2,23,24,25)(H2,26,27,30). The second-order valence-corrected chi connectivity index (χ2v) is 6.97. The SMILES string of the molecule is Cc1ccc(NC(=O)Nc2cccc(C(=O)c3cn(C)c4ncnc(N)c34)c2)cc1. The molecule has 0 saturated carbocycles. The third kappa shape index (κ3) is 3.70. The highest BCUT2D eigenvalue weighted by molar-refractivity contribution is 6.18. The molecule has 0 bridgehead atoms. The number of nitrogens with two attached hydrogens (primary N) is 1. The molecule has 2 heterocycles.